The Hall–Kier alpha value is -0.660. The maximum atomic E-state index is 11.4. The van der Waals surface area contributed by atoms with Gasteiger partial charge in [0.1, 0.15) is 0 Å². The minimum atomic E-state index is -3.32. The second-order valence-corrected chi connectivity index (χ2v) is 5.88. The summed E-state index contributed by atoms with van der Waals surface area (Å²) in [7, 11) is -3.32. The molecule has 0 aliphatic carbocycles. The van der Waals surface area contributed by atoms with Gasteiger partial charge in [-0.2, -0.15) is 0 Å². The maximum absolute atomic E-state index is 11.4. The van der Waals surface area contributed by atoms with Gasteiger partial charge >= 0.3 is 5.97 Å². The molecule has 0 amide bonds. The highest BCUT2D eigenvalue weighted by molar-refractivity contribution is 7.89. The van der Waals surface area contributed by atoms with Crippen molar-refractivity contribution in [1.29, 1.82) is 0 Å². The van der Waals surface area contributed by atoms with Crippen molar-refractivity contribution in [2.24, 2.45) is 0 Å². The molecule has 6 nitrogen and oxygen atoms in total. The third-order valence-corrected chi connectivity index (χ3v) is 3.95. The Bertz CT molecular complexity index is 322. The average Bonchev–Trinajstić information content (AvgIpc) is 2.66. The first-order valence-corrected chi connectivity index (χ1v) is 7.07. The molecular formula is C9H18N2O4S. The van der Waals surface area contributed by atoms with E-state index in [0.717, 1.165) is 19.4 Å². The van der Waals surface area contributed by atoms with Crippen LogP contribution in [0.1, 0.15) is 25.7 Å². The molecule has 0 radical (unpaired) electrons. The van der Waals surface area contributed by atoms with Crippen molar-refractivity contribution in [3.8, 4) is 0 Å². The number of hydrogen-bond donors (Lipinski definition) is 3. The van der Waals surface area contributed by atoms with Crippen LogP contribution >= 0.6 is 0 Å². The molecule has 1 rings (SSSR count). The van der Waals surface area contributed by atoms with Crippen LogP contribution in [-0.2, 0) is 14.8 Å². The minimum absolute atomic E-state index is 0.109. The summed E-state index contributed by atoms with van der Waals surface area (Å²) in [6, 6.07) is 0.217. The first-order valence-electron chi connectivity index (χ1n) is 5.42. The second kappa shape index (κ2) is 6.17. The molecule has 0 spiro atoms. The molecule has 1 heterocycles. The van der Waals surface area contributed by atoms with E-state index in [0.29, 0.717) is 6.54 Å². The Balaban J connectivity index is 2.20. The molecule has 3 N–H and O–H groups in total. The first-order chi connectivity index (χ1) is 7.49. The van der Waals surface area contributed by atoms with E-state index in [1.54, 1.807) is 0 Å². The molecule has 0 aromatic carbocycles. The van der Waals surface area contributed by atoms with Crippen molar-refractivity contribution in [3.63, 3.8) is 0 Å². The Morgan fingerprint density at radius 1 is 1.50 bits per heavy atom. The highest BCUT2D eigenvalue weighted by atomic mass is 32.2. The van der Waals surface area contributed by atoms with Crippen LogP contribution in [0.4, 0.5) is 0 Å². The molecule has 0 aromatic heterocycles. The molecule has 1 atom stereocenters. The first kappa shape index (κ1) is 13.4. The highest BCUT2D eigenvalue weighted by Gasteiger charge is 2.17. The molecule has 1 aliphatic heterocycles. The number of rotatable bonds is 7. The quantitative estimate of drug-likeness (QED) is 0.567. The zero-order valence-corrected chi connectivity index (χ0v) is 9.92. The van der Waals surface area contributed by atoms with Gasteiger partial charge in [0, 0.05) is 19.0 Å². The monoisotopic (exact) mass is 250 g/mol. The lowest BCUT2D eigenvalue weighted by Crippen LogP contribution is -2.38. The van der Waals surface area contributed by atoms with E-state index >= 15 is 0 Å². The molecular weight excluding hydrogens is 232 g/mol. The number of carbonyl (C=O) groups is 1. The number of hydrogen-bond acceptors (Lipinski definition) is 4. The van der Waals surface area contributed by atoms with Gasteiger partial charge in [0.2, 0.25) is 10.0 Å². The van der Waals surface area contributed by atoms with E-state index in [1.165, 1.54) is 0 Å². The average molecular weight is 250 g/mol. The number of sulfonamides is 1. The molecule has 1 saturated heterocycles. The number of carboxylic acids is 1. The van der Waals surface area contributed by atoms with Crippen LogP contribution in [0.3, 0.4) is 0 Å². The maximum Gasteiger partial charge on any atom is 0.303 e. The summed E-state index contributed by atoms with van der Waals surface area (Å²) in [5.74, 6) is -1.08. The fourth-order valence-electron chi connectivity index (χ4n) is 1.64. The molecule has 7 heteroatoms. The van der Waals surface area contributed by atoms with Crippen molar-refractivity contribution < 1.29 is 18.3 Å². The molecule has 1 aliphatic rings. The standard InChI is InChI=1S/C9H18N2O4S/c12-9(13)4-2-6-16(14,15)11-7-8-3-1-5-10-8/h8,10-11H,1-7H2,(H,12,13). The summed E-state index contributed by atoms with van der Waals surface area (Å²) in [5, 5.41) is 11.6. The van der Waals surface area contributed by atoms with Crippen molar-refractivity contribution in [1.82, 2.24) is 10.0 Å². The largest absolute Gasteiger partial charge is 0.481 e. The van der Waals surface area contributed by atoms with E-state index in [1.807, 2.05) is 0 Å². The smallest absolute Gasteiger partial charge is 0.303 e. The number of carboxylic acid groups (broad SMARTS) is 1. The normalized spacial score (nSPS) is 21.1. The van der Waals surface area contributed by atoms with Crippen LogP contribution < -0.4 is 10.0 Å². The lowest BCUT2D eigenvalue weighted by atomic mass is 10.2. The number of aliphatic carboxylic acids is 1. The Morgan fingerprint density at radius 2 is 2.25 bits per heavy atom. The molecule has 0 saturated carbocycles. The zero-order valence-electron chi connectivity index (χ0n) is 9.11. The van der Waals surface area contributed by atoms with E-state index in [2.05, 4.69) is 10.0 Å². The van der Waals surface area contributed by atoms with E-state index in [-0.39, 0.29) is 24.6 Å². The Labute approximate surface area is 95.5 Å². The summed E-state index contributed by atoms with van der Waals surface area (Å²) >= 11 is 0. The molecule has 94 valence electrons. The predicted molar refractivity (Wildman–Crippen MR) is 59.7 cm³/mol. The lowest BCUT2D eigenvalue weighted by Gasteiger charge is -2.11. The van der Waals surface area contributed by atoms with Gasteiger partial charge in [0.25, 0.3) is 0 Å². The highest BCUT2D eigenvalue weighted by Crippen LogP contribution is 2.04. The van der Waals surface area contributed by atoms with Crippen LogP contribution in [0.2, 0.25) is 0 Å². The Morgan fingerprint density at radius 3 is 2.81 bits per heavy atom. The predicted octanol–water partition coefficient (Wildman–Crippen LogP) is -0.477. The Kier molecular flexibility index (Phi) is 5.17. The van der Waals surface area contributed by atoms with Crippen LogP contribution in [0, 0.1) is 0 Å². The zero-order chi connectivity index (χ0) is 12.0. The summed E-state index contributed by atoms with van der Waals surface area (Å²) < 4.78 is 25.4. The summed E-state index contributed by atoms with van der Waals surface area (Å²) in [6.07, 6.45) is 2.11. The van der Waals surface area contributed by atoms with Crippen molar-refractivity contribution >= 4 is 16.0 Å². The van der Waals surface area contributed by atoms with Crippen LogP contribution in [0.25, 0.3) is 0 Å². The third kappa shape index (κ3) is 5.43. The van der Waals surface area contributed by atoms with Gasteiger partial charge in [-0.1, -0.05) is 0 Å². The molecule has 0 bridgehead atoms. The molecule has 16 heavy (non-hydrogen) atoms. The minimum Gasteiger partial charge on any atom is -0.481 e. The summed E-state index contributed by atoms with van der Waals surface area (Å²) in [5.41, 5.74) is 0. The fourth-order valence-corrected chi connectivity index (χ4v) is 2.77. The van der Waals surface area contributed by atoms with E-state index < -0.39 is 16.0 Å². The van der Waals surface area contributed by atoms with Crippen molar-refractivity contribution in [2.45, 2.75) is 31.7 Å². The van der Waals surface area contributed by atoms with Crippen LogP contribution in [-0.4, -0.2) is 44.4 Å². The SMILES string of the molecule is O=C(O)CCCS(=O)(=O)NCC1CCCN1. The lowest BCUT2D eigenvalue weighted by molar-refractivity contribution is -0.137. The van der Waals surface area contributed by atoms with Gasteiger partial charge in [-0.15, -0.1) is 0 Å². The molecule has 1 unspecified atom stereocenters. The van der Waals surface area contributed by atoms with Gasteiger partial charge in [-0.25, -0.2) is 13.1 Å². The van der Waals surface area contributed by atoms with E-state index in [4.69, 9.17) is 5.11 Å². The molecule has 1 fully saturated rings. The van der Waals surface area contributed by atoms with Crippen molar-refractivity contribution in [2.75, 3.05) is 18.8 Å². The van der Waals surface area contributed by atoms with Gasteiger partial charge in [0.05, 0.1) is 5.75 Å². The second-order valence-electron chi connectivity index (χ2n) is 3.96. The third-order valence-electron chi connectivity index (χ3n) is 2.52. The summed E-state index contributed by atoms with van der Waals surface area (Å²) in [4.78, 5) is 10.2. The van der Waals surface area contributed by atoms with E-state index in [9.17, 15) is 13.2 Å². The molecule has 0 aromatic rings. The topological polar surface area (TPSA) is 95.5 Å². The van der Waals surface area contributed by atoms with Gasteiger partial charge in [0.15, 0.2) is 0 Å². The van der Waals surface area contributed by atoms with Crippen LogP contribution in [0.5, 0.6) is 0 Å². The summed E-state index contributed by atoms with van der Waals surface area (Å²) in [6.45, 7) is 1.33. The van der Waals surface area contributed by atoms with Crippen LogP contribution in [0.15, 0.2) is 0 Å². The van der Waals surface area contributed by atoms with Gasteiger partial charge < -0.3 is 10.4 Å². The van der Waals surface area contributed by atoms with Gasteiger partial charge in [-0.3, -0.25) is 4.79 Å². The van der Waals surface area contributed by atoms with Gasteiger partial charge in [-0.05, 0) is 25.8 Å². The fraction of sp³-hybridized carbons (Fsp3) is 0.889. The van der Waals surface area contributed by atoms with Crippen molar-refractivity contribution in [3.05, 3.63) is 0 Å². The number of nitrogens with one attached hydrogen (secondary N) is 2.